The molecule has 0 fully saturated rings. The molecule has 1 aliphatic heterocycles. The van der Waals surface area contributed by atoms with Gasteiger partial charge in [-0.1, -0.05) is 36.8 Å². The van der Waals surface area contributed by atoms with Crippen molar-refractivity contribution in [3.8, 4) is 5.75 Å². The standard InChI is InChI=1S/C20H30O2/c1-5-21-20-14-17(13-16(4)10-8-9-15(2)3)18-11-6-7-12-19(18)22-20/h6-7,9,11-12,16-17,20H,5,8,10,13-14H2,1-4H3. The average molecular weight is 302 g/mol. The third kappa shape index (κ3) is 4.88. The lowest BCUT2D eigenvalue weighted by Gasteiger charge is -2.33. The molecule has 22 heavy (non-hydrogen) atoms. The van der Waals surface area contributed by atoms with Gasteiger partial charge >= 0.3 is 0 Å². The van der Waals surface area contributed by atoms with Crippen molar-refractivity contribution < 1.29 is 9.47 Å². The maximum atomic E-state index is 5.97. The summed E-state index contributed by atoms with van der Waals surface area (Å²) in [5, 5.41) is 0. The van der Waals surface area contributed by atoms with Gasteiger partial charge in [-0.25, -0.2) is 0 Å². The molecule has 2 heteroatoms. The molecule has 0 bridgehead atoms. The summed E-state index contributed by atoms with van der Waals surface area (Å²) in [6.45, 7) is 9.45. The molecule has 1 heterocycles. The van der Waals surface area contributed by atoms with E-state index in [1.54, 1.807) is 0 Å². The van der Waals surface area contributed by atoms with Gasteiger partial charge in [0.05, 0.1) is 0 Å². The highest BCUT2D eigenvalue weighted by molar-refractivity contribution is 5.38. The van der Waals surface area contributed by atoms with Gasteiger partial charge in [0.25, 0.3) is 0 Å². The molecule has 1 aromatic carbocycles. The molecule has 0 N–H and O–H groups in total. The quantitative estimate of drug-likeness (QED) is 0.602. The van der Waals surface area contributed by atoms with Gasteiger partial charge in [0.1, 0.15) is 5.75 Å². The van der Waals surface area contributed by atoms with E-state index >= 15 is 0 Å². The molecular weight excluding hydrogens is 272 g/mol. The van der Waals surface area contributed by atoms with Gasteiger partial charge in [-0.05, 0) is 63.5 Å². The highest BCUT2D eigenvalue weighted by atomic mass is 16.7. The Morgan fingerprint density at radius 1 is 1.36 bits per heavy atom. The van der Waals surface area contributed by atoms with E-state index in [9.17, 15) is 0 Å². The third-order valence-electron chi connectivity index (χ3n) is 4.35. The SMILES string of the molecule is CCOC1CC(CC(C)CCC=C(C)C)c2ccccc2O1. The second-order valence-corrected chi connectivity index (χ2v) is 6.67. The zero-order chi connectivity index (χ0) is 15.9. The zero-order valence-corrected chi connectivity index (χ0v) is 14.5. The molecule has 3 atom stereocenters. The van der Waals surface area contributed by atoms with E-state index in [4.69, 9.17) is 9.47 Å². The van der Waals surface area contributed by atoms with Gasteiger partial charge in [-0.2, -0.15) is 0 Å². The van der Waals surface area contributed by atoms with Crippen molar-refractivity contribution in [1.29, 1.82) is 0 Å². The first-order valence-electron chi connectivity index (χ1n) is 8.60. The molecule has 1 aliphatic rings. The van der Waals surface area contributed by atoms with Crippen LogP contribution in [0.25, 0.3) is 0 Å². The predicted molar refractivity (Wildman–Crippen MR) is 92.3 cm³/mol. The molecule has 122 valence electrons. The highest BCUT2D eigenvalue weighted by Gasteiger charge is 2.29. The van der Waals surface area contributed by atoms with E-state index in [1.165, 1.54) is 30.4 Å². The maximum absolute atomic E-state index is 5.97. The summed E-state index contributed by atoms with van der Waals surface area (Å²) in [4.78, 5) is 0. The predicted octanol–water partition coefficient (Wildman–Crippen LogP) is 5.69. The van der Waals surface area contributed by atoms with Gasteiger partial charge < -0.3 is 9.47 Å². The van der Waals surface area contributed by atoms with Crippen LogP contribution in [0.15, 0.2) is 35.9 Å². The van der Waals surface area contributed by atoms with E-state index in [0.29, 0.717) is 18.4 Å². The molecular formula is C20H30O2. The van der Waals surface area contributed by atoms with Gasteiger partial charge in [-0.15, -0.1) is 0 Å². The molecule has 0 saturated carbocycles. The first kappa shape index (κ1) is 17.1. The average Bonchev–Trinajstić information content (AvgIpc) is 2.47. The summed E-state index contributed by atoms with van der Waals surface area (Å²) in [6.07, 6.45) is 6.87. The number of allylic oxidation sites excluding steroid dienone is 2. The first-order valence-corrected chi connectivity index (χ1v) is 8.60. The Hall–Kier alpha value is -1.28. The van der Waals surface area contributed by atoms with E-state index in [0.717, 1.165) is 12.2 Å². The van der Waals surface area contributed by atoms with Crippen molar-refractivity contribution in [1.82, 2.24) is 0 Å². The molecule has 2 rings (SSSR count). The van der Waals surface area contributed by atoms with Crippen LogP contribution in [0.2, 0.25) is 0 Å². The van der Waals surface area contributed by atoms with Crippen molar-refractivity contribution in [3.63, 3.8) is 0 Å². The number of hydrogen-bond acceptors (Lipinski definition) is 2. The number of rotatable bonds is 7. The summed E-state index contributed by atoms with van der Waals surface area (Å²) < 4.78 is 11.7. The van der Waals surface area contributed by atoms with E-state index in [-0.39, 0.29) is 6.29 Å². The summed E-state index contributed by atoms with van der Waals surface area (Å²) in [6, 6.07) is 8.44. The summed E-state index contributed by atoms with van der Waals surface area (Å²) in [7, 11) is 0. The Balaban J connectivity index is 2.00. The van der Waals surface area contributed by atoms with Crippen molar-refractivity contribution in [2.45, 2.75) is 65.6 Å². The lowest BCUT2D eigenvalue weighted by Crippen LogP contribution is -2.29. The van der Waals surface area contributed by atoms with Crippen LogP contribution in [-0.2, 0) is 4.74 Å². The van der Waals surface area contributed by atoms with Crippen LogP contribution >= 0.6 is 0 Å². The number of hydrogen-bond donors (Lipinski definition) is 0. The fourth-order valence-electron chi connectivity index (χ4n) is 3.25. The molecule has 0 aromatic heterocycles. The normalized spacial score (nSPS) is 21.6. The number of benzene rings is 1. The fourth-order valence-corrected chi connectivity index (χ4v) is 3.25. The van der Waals surface area contributed by atoms with Crippen molar-refractivity contribution in [2.75, 3.05) is 6.61 Å². The Labute approximate surface area is 135 Å². The summed E-state index contributed by atoms with van der Waals surface area (Å²) in [5.41, 5.74) is 2.77. The molecule has 0 saturated heterocycles. The van der Waals surface area contributed by atoms with E-state index < -0.39 is 0 Å². The molecule has 3 unspecified atom stereocenters. The van der Waals surface area contributed by atoms with Crippen LogP contribution in [-0.4, -0.2) is 12.9 Å². The number of ether oxygens (including phenoxy) is 2. The Bertz CT molecular complexity index is 488. The molecule has 0 amide bonds. The van der Waals surface area contributed by atoms with Crippen molar-refractivity contribution in [2.24, 2.45) is 5.92 Å². The summed E-state index contributed by atoms with van der Waals surface area (Å²) in [5.74, 6) is 2.27. The van der Waals surface area contributed by atoms with Crippen molar-refractivity contribution >= 4 is 0 Å². The van der Waals surface area contributed by atoms with Crippen LogP contribution in [0.1, 0.15) is 64.9 Å². The third-order valence-corrected chi connectivity index (χ3v) is 4.35. The molecule has 0 aliphatic carbocycles. The maximum Gasteiger partial charge on any atom is 0.200 e. The van der Waals surface area contributed by atoms with Gasteiger partial charge in [-0.3, -0.25) is 0 Å². The lowest BCUT2D eigenvalue weighted by atomic mass is 9.83. The Morgan fingerprint density at radius 2 is 2.14 bits per heavy atom. The number of para-hydroxylation sites is 1. The zero-order valence-electron chi connectivity index (χ0n) is 14.5. The smallest absolute Gasteiger partial charge is 0.200 e. The molecule has 0 spiro atoms. The Morgan fingerprint density at radius 3 is 2.86 bits per heavy atom. The molecule has 0 radical (unpaired) electrons. The van der Waals surface area contributed by atoms with Crippen LogP contribution in [0.4, 0.5) is 0 Å². The van der Waals surface area contributed by atoms with Crippen LogP contribution in [0.5, 0.6) is 5.75 Å². The van der Waals surface area contributed by atoms with Crippen LogP contribution < -0.4 is 4.74 Å². The van der Waals surface area contributed by atoms with Gasteiger partial charge in [0.15, 0.2) is 6.29 Å². The van der Waals surface area contributed by atoms with Gasteiger partial charge in [0.2, 0.25) is 0 Å². The topological polar surface area (TPSA) is 18.5 Å². The largest absolute Gasteiger partial charge is 0.465 e. The minimum Gasteiger partial charge on any atom is -0.465 e. The monoisotopic (exact) mass is 302 g/mol. The fraction of sp³-hybridized carbons (Fsp3) is 0.600. The van der Waals surface area contributed by atoms with E-state index in [1.807, 2.05) is 13.0 Å². The van der Waals surface area contributed by atoms with Crippen LogP contribution in [0, 0.1) is 5.92 Å². The minimum absolute atomic E-state index is 0.0881. The van der Waals surface area contributed by atoms with Gasteiger partial charge in [0, 0.05) is 13.0 Å². The molecule has 2 nitrogen and oxygen atoms in total. The van der Waals surface area contributed by atoms with Crippen LogP contribution in [0.3, 0.4) is 0 Å². The minimum atomic E-state index is -0.0881. The Kier molecular flexibility index (Phi) is 6.50. The van der Waals surface area contributed by atoms with E-state index in [2.05, 4.69) is 45.0 Å². The lowest BCUT2D eigenvalue weighted by molar-refractivity contribution is -0.0927. The molecule has 1 aromatic rings. The second-order valence-electron chi connectivity index (χ2n) is 6.67. The second kappa shape index (κ2) is 8.38. The first-order chi connectivity index (χ1) is 10.6. The summed E-state index contributed by atoms with van der Waals surface area (Å²) >= 11 is 0. The van der Waals surface area contributed by atoms with Crippen molar-refractivity contribution in [3.05, 3.63) is 41.5 Å². The number of fused-ring (bicyclic) bond motifs is 1. The highest BCUT2D eigenvalue weighted by Crippen LogP contribution is 2.40.